The molecule has 3 N–H and O–H groups in total. The fourth-order valence-electron chi connectivity index (χ4n) is 3.72. The molecule has 1 aliphatic rings. The number of benzene rings is 3. The highest BCUT2D eigenvalue weighted by Crippen LogP contribution is 2.21. The molecule has 0 saturated carbocycles. The van der Waals surface area contributed by atoms with Crippen LogP contribution in [0.3, 0.4) is 0 Å². The van der Waals surface area contributed by atoms with E-state index in [9.17, 15) is 14.7 Å². The van der Waals surface area contributed by atoms with Crippen LogP contribution in [-0.2, 0) is 16.1 Å². The van der Waals surface area contributed by atoms with Crippen LogP contribution in [0.4, 0.5) is 0 Å². The summed E-state index contributed by atoms with van der Waals surface area (Å²) in [7, 11) is 0. The van der Waals surface area contributed by atoms with Crippen LogP contribution < -0.4 is 15.4 Å². The van der Waals surface area contributed by atoms with Gasteiger partial charge in [0.1, 0.15) is 17.6 Å². The van der Waals surface area contributed by atoms with Crippen molar-refractivity contribution in [2.24, 2.45) is 0 Å². The Morgan fingerprint density at radius 1 is 0.857 bits per heavy atom. The van der Waals surface area contributed by atoms with Gasteiger partial charge in [-0.3, -0.25) is 9.59 Å². The van der Waals surface area contributed by atoms with E-state index in [1.54, 1.807) is 36.4 Å². The minimum atomic E-state index is -0.636. The zero-order valence-corrected chi connectivity index (χ0v) is 19.2. The van der Waals surface area contributed by atoms with E-state index >= 15 is 0 Å². The summed E-state index contributed by atoms with van der Waals surface area (Å²) in [4.78, 5) is 24.9. The van der Waals surface area contributed by atoms with Crippen molar-refractivity contribution in [3.8, 4) is 11.5 Å². The molecule has 3 aromatic rings. The second-order valence-electron chi connectivity index (χ2n) is 8.19. The smallest absolute Gasteiger partial charge is 0.251 e. The number of aliphatic hydroxyl groups excluding tert-OH is 1. The Kier molecular flexibility index (Phi) is 8.27. The average molecular weight is 473 g/mol. The number of carbonyl (C=O) groups is 2. The number of ether oxygens (including phenoxy) is 2. The Hall–Kier alpha value is -3.94. The van der Waals surface area contributed by atoms with Crippen molar-refractivity contribution in [1.82, 2.24) is 10.6 Å². The first-order valence-electron chi connectivity index (χ1n) is 11.5. The maximum atomic E-state index is 12.5. The number of aliphatic hydroxyl groups is 1. The summed E-state index contributed by atoms with van der Waals surface area (Å²) in [5, 5.41) is 15.5. The Morgan fingerprint density at radius 3 is 2.20 bits per heavy atom. The Labute approximate surface area is 204 Å². The second-order valence-corrected chi connectivity index (χ2v) is 8.19. The van der Waals surface area contributed by atoms with Crippen molar-refractivity contribution in [1.29, 1.82) is 0 Å². The standard InChI is InChI=1S/C28H28N2O5/c31-19-26-25(30-28(33)21-7-3-1-4-8-21)16-15-24(35-26)17-27(32)29-18-20-11-13-23(14-12-20)34-22-9-5-2-6-10-22/h1-16,24-26,31H,17-19H2,(H,29,32)(H,30,33)/t24-,25-,26-/m0/s1. The molecular weight excluding hydrogens is 444 g/mol. The predicted octanol–water partition coefficient (Wildman–Crippen LogP) is 3.60. The first-order chi connectivity index (χ1) is 17.1. The highest BCUT2D eigenvalue weighted by atomic mass is 16.5. The molecule has 2 amide bonds. The van der Waals surface area contributed by atoms with Crippen LogP contribution in [0.25, 0.3) is 0 Å². The van der Waals surface area contributed by atoms with E-state index in [4.69, 9.17) is 9.47 Å². The summed E-state index contributed by atoms with van der Waals surface area (Å²) < 4.78 is 11.6. The summed E-state index contributed by atoms with van der Waals surface area (Å²) in [5.41, 5.74) is 1.47. The van der Waals surface area contributed by atoms with Gasteiger partial charge in [-0.25, -0.2) is 0 Å². The van der Waals surface area contributed by atoms with Gasteiger partial charge in [-0.15, -0.1) is 0 Å². The third-order valence-electron chi connectivity index (χ3n) is 5.58. The van der Waals surface area contributed by atoms with Crippen molar-refractivity contribution >= 4 is 11.8 Å². The predicted molar refractivity (Wildman–Crippen MR) is 132 cm³/mol. The number of carbonyl (C=O) groups excluding carboxylic acids is 2. The van der Waals surface area contributed by atoms with Gasteiger partial charge >= 0.3 is 0 Å². The number of rotatable bonds is 9. The third kappa shape index (κ3) is 7.02. The first-order valence-corrected chi connectivity index (χ1v) is 11.5. The number of hydrogen-bond donors (Lipinski definition) is 3. The van der Waals surface area contributed by atoms with Gasteiger partial charge in [0, 0.05) is 12.1 Å². The van der Waals surface area contributed by atoms with Gasteiger partial charge < -0.3 is 25.2 Å². The first kappa shape index (κ1) is 24.2. The molecule has 7 nitrogen and oxygen atoms in total. The zero-order valence-electron chi connectivity index (χ0n) is 19.2. The van der Waals surface area contributed by atoms with Crippen molar-refractivity contribution in [3.05, 3.63) is 108 Å². The normalized spacial score (nSPS) is 19.1. The molecule has 0 unspecified atom stereocenters. The van der Waals surface area contributed by atoms with Crippen molar-refractivity contribution < 1.29 is 24.2 Å². The van der Waals surface area contributed by atoms with Gasteiger partial charge in [-0.2, -0.15) is 0 Å². The van der Waals surface area contributed by atoms with Crippen LogP contribution in [0.1, 0.15) is 22.3 Å². The molecule has 7 heteroatoms. The van der Waals surface area contributed by atoms with Crippen LogP contribution in [0, 0.1) is 0 Å². The molecule has 0 fully saturated rings. The van der Waals surface area contributed by atoms with E-state index in [1.807, 2.05) is 60.7 Å². The minimum absolute atomic E-state index is 0.113. The number of hydrogen-bond acceptors (Lipinski definition) is 5. The molecule has 1 aliphatic heterocycles. The summed E-state index contributed by atoms with van der Waals surface area (Å²) >= 11 is 0. The maximum Gasteiger partial charge on any atom is 0.251 e. The topological polar surface area (TPSA) is 96.9 Å². The Bertz CT molecular complexity index is 1130. The van der Waals surface area contributed by atoms with Gasteiger partial charge in [-0.05, 0) is 42.0 Å². The molecule has 1 heterocycles. The lowest BCUT2D eigenvalue weighted by Crippen LogP contribution is -2.49. The SMILES string of the molecule is O=C(C[C@@H]1C=C[C@H](NC(=O)c2ccccc2)[C@H](CO)O1)NCc1ccc(Oc2ccccc2)cc1. The lowest BCUT2D eigenvalue weighted by Gasteiger charge is -2.31. The summed E-state index contributed by atoms with van der Waals surface area (Å²) in [5.74, 6) is 1.06. The lowest BCUT2D eigenvalue weighted by molar-refractivity contribution is -0.125. The Morgan fingerprint density at radius 2 is 1.51 bits per heavy atom. The molecule has 0 radical (unpaired) electrons. The molecule has 4 rings (SSSR count). The van der Waals surface area contributed by atoms with E-state index in [2.05, 4.69) is 10.6 Å². The van der Waals surface area contributed by atoms with Gasteiger partial charge in [-0.1, -0.05) is 60.7 Å². The molecule has 180 valence electrons. The molecule has 3 aromatic carbocycles. The summed E-state index contributed by atoms with van der Waals surface area (Å²) in [6.45, 7) is 0.0969. The largest absolute Gasteiger partial charge is 0.457 e. The highest BCUT2D eigenvalue weighted by Gasteiger charge is 2.29. The molecule has 0 spiro atoms. The third-order valence-corrected chi connectivity index (χ3v) is 5.58. The van der Waals surface area contributed by atoms with E-state index < -0.39 is 18.2 Å². The minimum Gasteiger partial charge on any atom is -0.457 e. The van der Waals surface area contributed by atoms with E-state index in [1.165, 1.54) is 0 Å². The quantitative estimate of drug-likeness (QED) is 0.414. The molecular formula is C28H28N2O5. The van der Waals surface area contributed by atoms with Crippen LogP contribution in [0.15, 0.2) is 97.1 Å². The van der Waals surface area contributed by atoms with Crippen molar-refractivity contribution in [3.63, 3.8) is 0 Å². The molecule has 35 heavy (non-hydrogen) atoms. The molecule has 0 bridgehead atoms. The lowest BCUT2D eigenvalue weighted by atomic mass is 10.0. The average Bonchev–Trinajstić information content (AvgIpc) is 2.90. The Balaban J connectivity index is 1.24. The van der Waals surface area contributed by atoms with E-state index in [-0.39, 0.29) is 24.8 Å². The van der Waals surface area contributed by atoms with Crippen LogP contribution >= 0.6 is 0 Å². The molecule has 0 saturated heterocycles. The molecule has 0 aliphatic carbocycles. The van der Waals surface area contributed by atoms with Gasteiger partial charge in [0.2, 0.25) is 5.91 Å². The fraction of sp³-hybridized carbons (Fsp3) is 0.214. The monoisotopic (exact) mass is 472 g/mol. The van der Waals surface area contributed by atoms with Crippen molar-refractivity contribution in [2.45, 2.75) is 31.2 Å². The second kappa shape index (κ2) is 12.0. The van der Waals surface area contributed by atoms with Crippen LogP contribution in [0.5, 0.6) is 11.5 Å². The van der Waals surface area contributed by atoms with Gasteiger partial charge in [0.05, 0.1) is 25.2 Å². The van der Waals surface area contributed by atoms with Gasteiger partial charge in [0.15, 0.2) is 0 Å². The van der Waals surface area contributed by atoms with Gasteiger partial charge in [0.25, 0.3) is 5.91 Å². The number of amides is 2. The number of nitrogens with one attached hydrogen (secondary N) is 2. The van der Waals surface area contributed by atoms with E-state index in [0.717, 1.165) is 17.1 Å². The maximum absolute atomic E-state index is 12.5. The number of para-hydroxylation sites is 1. The summed E-state index contributed by atoms with van der Waals surface area (Å²) in [6, 6.07) is 25.4. The molecule has 3 atom stereocenters. The summed E-state index contributed by atoms with van der Waals surface area (Å²) in [6.07, 6.45) is 2.51. The van der Waals surface area contributed by atoms with Crippen LogP contribution in [0.2, 0.25) is 0 Å². The van der Waals surface area contributed by atoms with Crippen LogP contribution in [-0.4, -0.2) is 41.8 Å². The highest BCUT2D eigenvalue weighted by molar-refractivity contribution is 5.94. The van der Waals surface area contributed by atoms with Crippen molar-refractivity contribution in [2.75, 3.05) is 6.61 Å². The van der Waals surface area contributed by atoms with E-state index in [0.29, 0.717) is 12.1 Å². The molecule has 0 aromatic heterocycles. The fourth-order valence-corrected chi connectivity index (χ4v) is 3.72. The zero-order chi connectivity index (χ0) is 24.5.